The highest BCUT2D eigenvalue weighted by molar-refractivity contribution is 7.92. The topological polar surface area (TPSA) is 40.6 Å². The summed E-state index contributed by atoms with van der Waals surface area (Å²) < 4.78 is 26.2. The Morgan fingerprint density at radius 3 is 2.65 bits per heavy atom. The molecule has 1 aromatic rings. The molecule has 0 spiro atoms. The molecule has 0 unspecified atom stereocenters. The van der Waals surface area contributed by atoms with E-state index in [1.807, 2.05) is 37.4 Å². The van der Waals surface area contributed by atoms with Gasteiger partial charge in [-0.1, -0.05) is 30.3 Å². The van der Waals surface area contributed by atoms with E-state index in [1.54, 1.807) is 13.1 Å². The van der Waals surface area contributed by atoms with Gasteiger partial charge >= 0.3 is 0 Å². The normalized spacial score (nSPS) is 21.6. The van der Waals surface area contributed by atoms with Crippen LogP contribution in [0.5, 0.6) is 0 Å². The fraction of sp³-hybridized carbons (Fsp3) is 0.467. The smallest absolute Gasteiger partial charge is 0.236 e. The Bertz CT molecular complexity index is 554. The van der Waals surface area contributed by atoms with Gasteiger partial charge in [0.15, 0.2) is 0 Å². The van der Waals surface area contributed by atoms with E-state index in [1.165, 1.54) is 9.71 Å². The van der Waals surface area contributed by atoms with Gasteiger partial charge in [0, 0.05) is 25.0 Å². The molecule has 0 amide bonds. The summed E-state index contributed by atoms with van der Waals surface area (Å²) in [6, 6.07) is 9.55. The molecule has 0 aromatic heterocycles. The number of hydrogen-bond donors (Lipinski definition) is 0. The summed E-state index contributed by atoms with van der Waals surface area (Å²) in [6.07, 6.45) is 3.63. The van der Waals surface area contributed by atoms with Gasteiger partial charge in [-0.3, -0.25) is 0 Å². The lowest BCUT2D eigenvalue weighted by atomic mass is 10.1. The van der Waals surface area contributed by atoms with Gasteiger partial charge in [0.1, 0.15) is 0 Å². The summed E-state index contributed by atoms with van der Waals surface area (Å²) in [5.41, 5.74) is 0.894. The first-order valence-electron chi connectivity index (χ1n) is 6.89. The number of piperidine rings is 1. The second-order valence-corrected chi connectivity index (χ2v) is 7.21. The van der Waals surface area contributed by atoms with Crippen LogP contribution in [-0.4, -0.2) is 50.8 Å². The third kappa shape index (κ3) is 3.91. The minimum absolute atomic E-state index is 0.0687. The fourth-order valence-electron chi connectivity index (χ4n) is 2.47. The highest BCUT2D eigenvalue weighted by atomic mass is 32.2. The molecule has 0 radical (unpaired) electrons. The van der Waals surface area contributed by atoms with Crippen LogP contribution in [0, 0.1) is 0 Å². The van der Waals surface area contributed by atoms with Crippen molar-refractivity contribution < 1.29 is 8.42 Å². The van der Waals surface area contributed by atoms with Crippen LogP contribution in [0.3, 0.4) is 0 Å². The molecule has 1 aliphatic rings. The fourth-order valence-corrected chi connectivity index (χ4v) is 3.58. The SMILES string of the molecule is CN1CCC[C@@H](N(C)S(=O)(=O)/C=C\c2ccccc2)C1. The average molecular weight is 294 g/mol. The van der Waals surface area contributed by atoms with Crippen LogP contribution in [-0.2, 0) is 10.0 Å². The molecule has 5 heteroatoms. The molecule has 110 valence electrons. The van der Waals surface area contributed by atoms with Crippen molar-refractivity contribution in [3.63, 3.8) is 0 Å². The van der Waals surface area contributed by atoms with Crippen LogP contribution < -0.4 is 0 Å². The minimum atomic E-state index is -3.36. The Balaban J connectivity index is 2.07. The minimum Gasteiger partial charge on any atom is -0.305 e. The largest absolute Gasteiger partial charge is 0.305 e. The summed E-state index contributed by atoms with van der Waals surface area (Å²) in [5.74, 6) is 0. The molecule has 0 N–H and O–H groups in total. The van der Waals surface area contributed by atoms with E-state index in [9.17, 15) is 8.42 Å². The van der Waals surface area contributed by atoms with Gasteiger partial charge < -0.3 is 4.90 Å². The van der Waals surface area contributed by atoms with Gasteiger partial charge in [-0.25, -0.2) is 8.42 Å². The molecule has 1 saturated heterocycles. The maximum absolute atomic E-state index is 12.3. The lowest BCUT2D eigenvalue weighted by molar-refractivity contribution is 0.188. The van der Waals surface area contributed by atoms with Gasteiger partial charge in [0.2, 0.25) is 10.0 Å². The van der Waals surface area contributed by atoms with Crippen LogP contribution in [0.25, 0.3) is 6.08 Å². The highest BCUT2D eigenvalue weighted by Crippen LogP contribution is 2.17. The first kappa shape index (κ1) is 15.2. The zero-order valence-electron chi connectivity index (χ0n) is 12.1. The maximum Gasteiger partial charge on any atom is 0.236 e. The zero-order valence-corrected chi connectivity index (χ0v) is 12.9. The van der Waals surface area contributed by atoms with Gasteiger partial charge in [-0.05, 0) is 38.1 Å². The third-order valence-corrected chi connectivity index (χ3v) is 5.33. The predicted octanol–water partition coefficient (Wildman–Crippen LogP) is 2.01. The summed E-state index contributed by atoms with van der Waals surface area (Å²) >= 11 is 0. The molecular formula is C15H22N2O2S. The van der Waals surface area contributed by atoms with E-state index < -0.39 is 10.0 Å². The van der Waals surface area contributed by atoms with E-state index in [0.717, 1.165) is 31.5 Å². The Labute approximate surface area is 121 Å². The van der Waals surface area contributed by atoms with Crippen LogP contribution in [0.1, 0.15) is 18.4 Å². The van der Waals surface area contributed by atoms with Crippen molar-refractivity contribution in [2.75, 3.05) is 27.2 Å². The molecule has 0 aliphatic carbocycles. The predicted molar refractivity (Wildman–Crippen MR) is 82.7 cm³/mol. The molecule has 2 rings (SSSR count). The maximum atomic E-state index is 12.3. The summed E-state index contributed by atoms with van der Waals surface area (Å²) in [4.78, 5) is 2.18. The van der Waals surface area contributed by atoms with Crippen molar-refractivity contribution in [3.8, 4) is 0 Å². The highest BCUT2D eigenvalue weighted by Gasteiger charge is 2.27. The molecule has 1 heterocycles. The molecule has 0 bridgehead atoms. The number of benzene rings is 1. The van der Waals surface area contributed by atoms with Gasteiger partial charge in [-0.15, -0.1) is 0 Å². The zero-order chi connectivity index (χ0) is 14.6. The van der Waals surface area contributed by atoms with E-state index >= 15 is 0 Å². The summed E-state index contributed by atoms with van der Waals surface area (Å²) in [5, 5.41) is 1.30. The number of rotatable bonds is 4. The molecule has 1 aliphatic heterocycles. The van der Waals surface area contributed by atoms with Crippen molar-refractivity contribution in [3.05, 3.63) is 41.3 Å². The van der Waals surface area contributed by atoms with E-state index in [2.05, 4.69) is 4.90 Å². The number of likely N-dealkylation sites (N-methyl/N-ethyl adjacent to an activating group) is 2. The van der Waals surface area contributed by atoms with Gasteiger partial charge in [-0.2, -0.15) is 4.31 Å². The van der Waals surface area contributed by atoms with Crippen LogP contribution in [0.4, 0.5) is 0 Å². The molecule has 1 fully saturated rings. The lowest BCUT2D eigenvalue weighted by Gasteiger charge is -2.34. The summed E-state index contributed by atoms with van der Waals surface area (Å²) in [7, 11) is 0.354. The van der Waals surface area contributed by atoms with Crippen molar-refractivity contribution in [1.82, 2.24) is 9.21 Å². The average Bonchev–Trinajstić information content (AvgIpc) is 2.45. The Kier molecular flexibility index (Phi) is 4.96. The summed E-state index contributed by atoms with van der Waals surface area (Å²) in [6.45, 7) is 1.85. The Morgan fingerprint density at radius 2 is 2.00 bits per heavy atom. The number of sulfonamides is 1. The first-order chi connectivity index (χ1) is 9.49. The number of nitrogens with zero attached hydrogens (tertiary/aromatic N) is 2. The van der Waals surface area contributed by atoms with Crippen molar-refractivity contribution in [2.45, 2.75) is 18.9 Å². The second-order valence-electron chi connectivity index (χ2n) is 5.33. The second kappa shape index (κ2) is 6.52. The monoisotopic (exact) mass is 294 g/mol. The third-order valence-electron chi connectivity index (χ3n) is 3.75. The van der Waals surface area contributed by atoms with Crippen molar-refractivity contribution in [1.29, 1.82) is 0 Å². The van der Waals surface area contributed by atoms with Gasteiger partial charge in [0.25, 0.3) is 0 Å². The van der Waals surface area contributed by atoms with E-state index in [-0.39, 0.29) is 6.04 Å². The van der Waals surface area contributed by atoms with Crippen molar-refractivity contribution >= 4 is 16.1 Å². The van der Waals surface area contributed by atoms with Gasteiger partial charge in [0.05, 0.1) is 0 Å². The quantitative estimate of drug-likeness (QED) is 0.853. The van der Waals surface area contributed by atoms with Crippen LogP contribution in [0.15, 0.2) is 35.7 Å². The molecule has 20 heavy (non-hydrogen) atoms. The lowest BCUT2D eigenvalue weighted by Crippen LogP contribution is -2.46. The van der Waals surface area contributed by atoms with Crippen LogP contribution in [0.2, 0.25) is 0 Å². The number of hydrogen-bond acceptors (Lipinski definition) is 3. The molecule has 0 saturated carbocycles. The van der Waals surface area contributed by atoms with E-state index in [0.29, 0.717) is 0 Å². The molecule has 1 aromatic carbocycles. The number of likely N-dealkylation sites (tertiary alicyclic amines) is 1. The molecule has 1 atom stereocenters. The Morgan fingerprint density at radius 1 is 1.30 bits per heavy atom. The standard InChI is InChI=1S/C15H22N2O2S/c1-16-11-6-9-15(13-16)17(2)20(18,19)12-10-14-7-4-3-5-8-14/h3-5,7-8,10,12,15H,6,9,11,13H2,1-2H3/b12-10-/t15-/m1/s1. The van der Waals surface area contributed by atoms with Crippen molar-refractivity contribution in [2.24, 2.45) is 0 Å². The van der Waals surface area contributed by atoms with Crippen LogP contribution >= 0.6 is 0 Å². The Hall–Kier alpha value is -1.17. The molecule has 4 nitrogen and oxygen atoms in total. The first-order valence-corrected chi connectivity index (χ1v) is 8.39. The molecular weight excluding hydrogens is 272 g/mol. The van der Waals surface area contributed by atoms with E-state index in [4.69, 9.17) is 0 Å².